The van der Waals surface area contributed by atoms with Crippen molar-refractivity contribution in [3.63, 3.8) is 0 Å². The average molecular weight is 330 g/mol. The van der Waals surface area contributed by atoms with Crippen LogP contribution in [0.4, 0.5) is 0 Å². The molecule has 1 N–H and O–H groups in total. The van der Waals surface area contributed by atoms with Gasteiger partial charge in [-0.2, -0.15) is 0 Å². The maximum Gasteiger partial charge on any atom is 0.256 e. The first-order valence-corrected chi connectivity index (χ1v) is 8.20. The van der Waals surface area contributed by atoms with E-state index < -0.39 is 0 Å². The van der Waals surface area contributed by atoms with Crippen molar-refractivity contribution >= 4 is 55.8 Å². The number of hydrogen-bond donors (Lipinski definition) is 1. The van der Waals surface area contributed by atoms with Crippen LogP contribution >= 0.6 is 35.3 Å². The number of rotatable bonds is 2. The summed E-state index contributed by atoms with van der Waals surface area (Å²) >= 11 is 8.08. The fraction of sp³-hybridized carbons (Fsp3) is 0. The zero-order chi connectivity index (χ0) is 14.7. The second kappa shape index (κ2) is 6.34. The fourth-order valence-electron chi connectivity index (χ4n) is 1.75. The van der Waals surface area contributed by atoms with Gasteiger partial charge in [0, 0.05) is 5.56 Å². The molecule has 3 rings (SSSR count). The monoisotopic (exact) mass is 330 g/mol. The summed E-state index contributed by atoms with van der Waals surface area (Å²) in [6.45, 7) is 0. The number of benzene rings is 2. The van der Waals surface area contributed by atoms with Crippen LogP contribution in [0.25, 0.3) is 10.2 Å². The lowest BCUT2D eigenvalue weighted by molar-refractivity contribution is 0.0978. The first-order valence-electron chi connectivity index (χ1n) is 6.16. The molecule has 0 fully saturated rings. The summed E-state index contributed by atoms with van der Waals surface area (Å²) in [4.78, 5) is 16.5. The maximum atomic E-state index is 12.0. The second-order valence-corrected chi connectivity index (χ2v) is 7.11. The Labute approximate surface area is 135 Å². The summed E-state index contributed by atoms with van der Waals surface area (Å²) in [5.41, 5.74) is 1.53. The summed E-state index contributed by atoms with van der Waals surface area (Å²) in [5.74, 6) is -0.200. The molecule has 6 heteroatoms. The first-order chi connectivity index (χ1) is 10.2. The molecule has 0 aliphatic rings. The molecule has 1 aromatic heterocycles. The van der Waals surface area contributed by atoms with Gasteiger partial charge in [0.15, 0.2) is 4.34 Å². The molecule has 3 aromatic rings. The third-order valence-electron chi connectivity index (χ3n) is 2.71. The molecule has 2 aromatic carbocycles. The molecule has 21 heavy (non-hydrogen) atoms. The number of nitrogens with one attached hydrogen (secondary N) is 1. The Kier molecular flexibility index (Phi) is 4.28. The Morgan fingerprint density at radius 1 is 1.10 bits per heavy atom. The Balaban J connectivity index is 1.67. The molecule has 0 saturated heterocycles. The van der Waals surface area contributed by atoms with E-state index in [1.54, 1.807) is 23.5 Å². The Bertz CT molecular complexity index is 766. The first kappa shape index (κ1) is 14.2. The molecule has 104 valence electrons. The highest BCUT2D eigenvalue weighted by Crippen LogP contribution is 2.29. The number of thiazole rings is 1. The molecule has 0 saturated carbocycles. The van der Waals surface area contributed by atoms with E-state index in [1.165, 1.54) is 11.8 Å². The minimum Gasteiger partial charge on any atom is -0.307 e. The number of fused-ring (bicyclic) bond motifs is 1. The normalized spacial score (nSPS) is 10.5. The largest absolute Gasteiger partial charge is 0.307 e. The fourth-order valence-corrected chi connectivity index (χ4v) is 4.07. The van der Waals surface area contributed by atoms with Crippen molar-refractivity contribution in [2.24, 2.45) is 0 Å². The Morgan fingerprint density at radius 2 is 1.81 bits per heavy atom. The van der Waals surface area contributed by atoms with Crippen LogP contribution in [0.3, 0.4) is 0 Å². The van der Waals surface area contributed by atoms with E-state index in [1.807, 2.05) is 42.5 Å². The van der Waals surface area contributed by atoms with Crippen molar-refractivity contribution < 1.29 is 4.79 Å². The van der Waals surface area contributed by atoms with E-state index >= 15 is 0 Å². The molecule has 1 amide bonds. The van der Waals surface area contributed by atoms with Gasteiger partial charge in [0.05, 0.1) is 10.2 Å². The highest BCUT2D eigenvalue weighted by atomic mass is 32.2. The zero-order valence-corrected chi connectivity index (χ0v) is 13.2. The molecule has 0 aliphatic carbocycles. The van der Waals surface area contributed by atoms with Crippen molar-refractivity contribution in [1.82, 2.24) is 10.3 Å². The van der Waals surface area contributed by atoms with Crippen LogP contribution in [0.15, 0.2) is 58.9 Å². The molecule has 0 radical (unpaired) electrons. The highest BCUT2D eigenvalue weighted by Gasteiger charge is 2.11. The molecule has 0 unspecified atom stereocenters. The van der Waals surface area contributed by atoms with Gasteiger partial charge < -0.3 is 5.32 Å². The smallest absolute Gasteiger partial charge is 0.256 e. The van der Waals surface area contributed by atoms with Crippen LogP contribution in [0.5, 0.6) is 0 Å². The van der Waals surface area contributed by atoms with E-state index in [4.69, 9.17) is 12.2 Å². The SMILES string of the molecule is O=C(NC(=S)Sc1nc2ccccc2s1)c1ccccc1. The third kappa shape index (κ3) is 3.47. The van der Waals surface area contributed by atoms with E-state index in [9.17, 15) is 4.79 Å². The van der Waals surface area contributed by atoms with Crippen LogP contribution in [-0.4, -0.2) is 15.2 Å². The van der Waals surface area contributed by atoms with E-state index in [2.05, 4.69) is 10.3 Å². The summed E-state index contributed by atoms with van der Waals surface area (Å²) in [6.07, 6.45) is 0. The van der Waals surface area contributed by atoms with Crippen LogP contribution in [-0.2, 0) is 0 Å². The molecule has 3 nitrogen and oxygen atoms in total. The van der Waals surface area contributed by atoms with Gasteiger partial charge >= 0.3 is 0 Å². The van der Waals surface area contributed by atoms with Crippen molar-refractivity contribution in [2.75, 3.05) is 0 Å². The molecular weight excluding hydrogens is 320 g/mol. The number of aromatic nitrogens is 1. The standard InChI is InChI=1S/C15H10N2OS3/c18-13(10-6-2-1-3-7-10)17-14(19)21-15-16-11-8-4-5-9-12(11)20-15/h1-9H,(H,17,18,19). The van der Waals surface area contributed by atoms with Gasteiger partial charge in [-0.25, -0.2) is 4.98 Å². The maximum absolute atomic E-state index is 12.0. The van der Waals surface area contributed by atoms with Crippen molar-refractivity contribution in [2.45, 2.75) is 4.34 Å². The van der Waals surface area contributed by atoms with Gasteiger partial charge in [-0.15, -0.1) is 11.3 Å². The van der Waals surface area contributed by atoms with Gasteiger partial charge in [0.1, 0.15) is 4.32 Å². The van der Waals surface area contributed by atoms with E-state index in [0.29, 0.717) is 9.88 Å². The Hall–Kier alpha value is -1.76. The number of nitrogens with zero attached hydrogens (tertiary/aromatic N) is 1. The van der Waals surface area contributed by atoms with Crippen molar-refractivity contribution in [1.29, 1.82) is 0 Å². The molecule has 0 bridgehead atoms. The van der Waals surface area contributed by atoms with Crippen LogP contribution in [0.1, 0.15) is 10.4 Å². The molecule has 0 spiro atoms. The zero-order valence-electron chi connectivity index (χ0n) is 10.8. The third-order valence-corrected chi connectivity index (χ3v) is 4.94. The number of amides is 1. The van der Waals surface area contributed by atoms with Crippen molar-refractivity contribution in [3.05, 3.63) is 60.2 Å². The number of para-hydroxylation sites is 1. The number of thioether (sulfide) groups is 1. The van der Waals surface area contributed by atoms with Crippen LogP contribution < -0.4 is 5.32 Å². The van der Waals surface area contributed by atoms with Gasteiger partial charge in [0.25, 0.3) is 5.91 Å². The number of carbonyl (C=O) groups excluding carboxylic acids is 1. The number of carbonyl (C=O) groups is 1. The van der Waals surface area contributed by atoms with Crippen molar-refractivity contribution in [3.8, 4) is 0 Å². The lowest BCUT2D eigenvalue weighted by Crippen LogP contribution is -2.26. The summed E-state index contributed by atoms with van der Waals surface area (Å²) in [5, 5.41) is 2.71. The molecule has 0 aliphatic heterocycles. The topological polar surface area (TPSA) is 42.0 Å². The van der Waals surface area contributed by atoms with Gasteiger partial charge in [0.2, 0.25) is 0 Å². The lowest BCUT2D eigenvalue weighted by atomic mass is 10.2. The highest BCUT2D eigenvalue weighted by molar-refractivity contribution is 8.23. The second-order valence-electron chi connectivity index (χ2n) is 4.16. The minimum absolute atomic E-state index is 0.200. The number of hydrogen-bond acceptors (Lipinski definition) is 5. The van der Waals surface area contributed by atoms with E-state index in [0.717, 1.165) is 14.6 Å². The summed E-state index contributed by atoms with van der Waals surface area (Å²) in [7, 11) is 0. The lowest BCUT2D eigenvalue weighted by Gasteiger charge is -2.04. The summed E-state index contributed by atoms with van der Waals surface area (Å²) < 4.78 is 2.34. The van der Waals surface area contributed by atoms with Gasteiger partial charge in [-0.05, 0) is 36.0 Å². The number of thiocarbonyl (C=S) groups is 1. The predicted octanol–water partition coefficient (Wildman–Crippen LogP) is 4.10. The summed E-state index contributed by atoms with van der Waals surface area (Å²) in [6, 6.07) is 16.9. The molecule has 0 atom stereocenters. The molecule has 1 heterocycles. The van der Waals surface area contributed by atoms with E-state index in [-0.39, 0.29) is 5.91 Å². The van der Waals surface area contributed by atoms with Gasteiger partial charge in [-0.3, -0.25) is 4.79 Å². The van der Waals surface area contributed by atoms with Gasteiger partial charge in [-0.1, -0.05) is 42.5 Å². The quantitative estimate of drug-likeness (QED) is 0.567. The van der Waals surface area contributed by atoms with Crippen LogP contribution in [0, 0.1) is 0 Å². The average Bonchev–Trinajstić information content (AvgIpc) is 2.90. The molecular formula is C15H10N2OS3. The predicted molar refractivity (Wildman–Crippen MR) is 92.0 cm³/mol. The van der Waals surface area contributed by atoms with Crippen LogP contribution in [0.2, 0.25) is 0 Å². The Morgan fingerprint density at radius 3 is 2.57 bits per heavy atom. The minimum atomic E-state index is -0.200.